The lowest BCUT2D eigenvalue weighted by atomic mass is 10.2. The SMILES string of the molecule is Cc1nnc(CN=C(NCCCCC(F)(F)F)NCCc2cccs2)n1C.I. The van der Waals surface area contributed by atoms with Crippen molar-refractivity contribution >= 4 is 41.3 Å². The maximum Gasteiger partial charge on any atom is 0.389 e. The van der Waals surface area contributed by atoms with Gasteiger partial charge < -0.3 is 15.2 Å². The van der Waals surface area contributed by atoms with Gasteiger partial charge in [0.1, 0.15) is 12.4 Å². The molecule has 0 aliphatic rings. The number of halogens is 4. The Kier molecular flexibility index (Phi) is 10.8. The molecule has 0 aliphatic carbocycles. The largest absolute Gasteiger partial charge is 0.389 e. The van der Waals surface area contributed by atoms with E-state index in [0.29, 0.717) is 32.0 Å². The summed E-state index contributed by atoms with van der Waals surface area (Å²) in [6.45, 7) is 3.32. The zero-order valence-corrected chi connectivity index (χ0v) is 19.1. The van der Waals surface area contributed by atoms with E-state index in [4.69, 9.17) is 0 Å². The lowest BCUT2D eigenvalue weighted by Crippen LogP contribution is -2.39. The van der Waals surface area contributed by atoms with Gasteiger partial charge in [-0.15, -0.1) is 45.5 Å². The first kappa shape index (κ1) is 24.7. The minimum absolute atomic E-state index is 0. The van der Waals surface area contributed by atoms with E-state index in [-0.39, 0.29) is 30.4 Å². The Morgan fingerprint density at radius 1 is 1.21 bits per heavy atom. The van der Waals surface area contributed by atoms with Gasteiger partial charge in [-0.2, -0.15) is 13.2 Å². The minimum Gasteiger partial charge on any atom is -0.356 e. The molecule has 11 heteroatoms. The van der Waals surface area contributed by atoms with Crippen molar-refractivity contribution in [3.8, 4) is 0 Å². The highest BCUT2D eigenvalue weighted by molar-refractivity contribution is 14.0. The quantitative estimate of drug-likeness (QED) is 0.224. The van der Waals surface area contributed by atoms with Crippen LogP contribution in [0.4, 0.5) is 13.2 Å². The number of hydrogen-bond acceptors (Lipinski definition) is 4. The number of alkyl halides is 3. The van der Waals surface area contributed by atoms with Gasteiger partial charge in [0.25, 0.3) is 0 Å². The molecule has 2 N–H and O–H groups in total. The van der Waals surface area contributed by atoms with Crippen LogP contribution < -0.4 is 10.6 Å². The number of rotatable bonds is 9. The molecule has 0 unspecified atom stereocenters. The van der Waals surface area contributed by atoms with E-state index in [0.717, 1.165) is 18.1 Å². The summed E-state index contributed by atoms with van der Waals surface area (Å²) in [4.78, 5) is 5.75. The number of aromatic nitrogens is 3. The molecule has 158 valence electrons. The predicted octanol–water partition coefficient (Wildman–Crippen LogP) is 3.81. The Labute approximate surface area is 184 Å². The molecule has 2 aromatic heterocycles. The fraction of sp³-hybridized carbons (Fsp3) is 0.588. The molecule has 0 radical (unpaired) electrons. The van der Waals surface area contributed by atoms with Gasteiger partial charge in [-0.25, -0.2) is 4.99 Å². The van der Waals surface area contributed by atoms with Gasteiger partial charge in [-0.05, 0) is 37.6 Å². The number of nitrogens with zero attached hydrogens (tertiary/aromatic N) is 4. The number of hydrogen-bond donors (Lipinski definition) is 2. The van der Waals surface area contributed by atoms with Crippen LogP contribution in [0, 0.1) is 6.92 Å². The summed E-state index contributed by atoms with van der Waals surface area (Å²) in [5.41, 5.74) is 0. The lowest BCUT2D eigenvalue weighted by Gasteiger charge is -2.13. The first-order valence-electron chi connectivity index (χ1n) is 8.81. The van der Waals surface area contributed by atoms with E-state index in [1.165, 1.54) is 4.88 Å². The molecule has 2 rings (SSSR count). The van der Waals surface area contributed by atoms with Crippen LogP contribution in [0.1, 0.15) is 35.8 Å². The van der Waals surface area contributed by atoms with Crippen LogP contribution in [-0.4, -0.2) is 40.0 Å². The molecule has 2 heterocycles. The first-order chi connectivity index (χ1) is 12.8. The number of aryl methyl sites for hydroxylation is 1. The first-order valence-corrected chi connectivity index (χ1v) is 9.69. The van der Waals surface area contributed by atoms with E-state index >= 15 is 0 Å². The Morgan fingerprint density at radius 2 is 1.96 bits per heavy atom. The highest BCUT2D eigenvalue weighted by Gasteiger charge is 2.25. The average molecular weight is 530 g/mol. The van der Waals surface area contributed by atoms with Gasteiger partial charge in [0.05, 0.1) is 0 Å². The van der Waals surface area contributed by atoms with Crippen LogP contribution in [0.2, 0.25) is 0 Å². The molecule has 0 amide bonds. The van der Waals surface area contributed by atoms with E-state index in [1.807, 2.05) is 30.0 Å². The Bertz CT molecular complexity index is 715. The van der Waals surface area contributed by atoms with E-state index in [1.54, 1.807) is 11.3 Å². The number of guanidine groups is 1. The maximum atomic E-state index is 12.2. The molecule has 0 saturated carbocycles. The third-order valence-electron chi connectivity index (χ3n) is 3.98. The average Bonchev–Trinajstić information content (AvgIpc) is 3.22. The van der Waals surface area contributed by atoms with Gasteiger partial charge in [0.15, 0.2) is 11.8 Å². The number of thiophene rings is 1. The normalized spacial score (nSPS) is 12.0. The van der Waals surface area contributed by atoms with Crippen LogP contribution in [-0.2, 0) is 20.0 Å². The van der Waals surface area contributed by atoms with E-state index in [2.05, 4.69) is 31.9 Å². The molecule has 0 saturated heterocycles. The smallest absolute Gasteiger partial charge is 0.356 e. The summed E-state index contributed by atoms with van der Waals surface area (Å²) in [7, 11) is 1.87. The number of aliphatic imine (C=N–C) groups is 1. The number of unbranched alkanes of at least 4 members (excludes halogenated alkanes) is 1. The zero-order chi connectivity index (χ0) is 19.7. The van der Waals surface area contributed by atoms with Crippen LogP contribution in [0.5, 0.6) is 0 Å². The van der Waals surface area contributed by atoms with Crippen molar-refractivity contribution in [1.29, 1.82) is 0 Å². The summed E-state index contributed by atoms with van der Waals surface area (Å²) in [5.74, 6) is 2.09. The second-order valence-corrected chi connectivity index (χ2v) is 7.17. The molecular formula is C17H26F3IN6S. The lowest BCUT2D eigenvalue weighted by molar-refractivity contribution is -0.135. The second-order valence-electron chi connectivity index (χ2n) is 6.14. The number of nitrogens with one attached hydrogen (secondary N) is 2. The molecule has 0 fully saturated rings. The third-order valence-corrected chi connectivity index (χ3v) is 4.92. The van der Waals surface area contributed by atoms with Crippen LogP contribution in [0.15, 0.2) is 22.5 Å². The summed E-state index contributed by atoms with van der Waals surface area (Å²) >= 11 is 1.69. The van der Waals surface area contributed by atoms with E-state index in [9.17, 15) is 13.2 Å². The van der Waals surface area contributed by atoms with Crippen molar-refractivity contribution in [2.45, 2.75) is 45.3 Å². The Balaban J connectivity index is 0.00000392. The van der Waals surface area contributed by atoms with Crippen molar-refractivity contribution < 1.29 is 13.2 Å². The molecular weight excluding hydrogens is 504 g/mol. The van der Waals surface area contributed by atoms with E-state index < -0.39 is 12.6 Å². The van der Waals surface area contributed by atoms with Crippen LogP contribution in [0.3, 0.4) is 0 Å². The van der Waals surface area contributed by atoms with Gasteiger partial charge in [-0.1, -0.05) is 6.07 Å². The molecule has 0 aliphatic heterocycles. The summed E-state index contributed by atoms with van der Waals surface area (Å²) in [6, 6.07) is 4.07. The zero-order valence-electron chi connectivity index (χ0n) is 15.9. The topological polar surface area (TPSA) is 67.1 Å². The third kappa shape index (κ3) is 9.22. The Morgan fingerprint density at radius 3 is 2.57 bits per heavy atom. The standard InChI is InChI=1S/C17H25F3N6S.HI/c1-13-24-25-15(26(13)2)12-23-16(21-9-4-3-8-17(18,19)20)22-10-7-14-6-5-11-27-14;/h5-6,11H,3-4,7-10,12H2,1-2H3,(H2,21,22,23);1H. The molecule has 0 atom stereocenters. The van der Waals surface area contributed by atoms with Crippen LogP contribution >= 0.6 is 35.3 Å². The van der Waals surface area contributed by atoms with Crippen LogP contribution in [0.25, 0.3) is 0 Å². The predicted molar refractivity (Wildman–Crippen MR) is 116 cm³/mol. The van der Waals surface area contributed by atoms with Crippen molar-refractivity contribution in [1.82, 2.24) is 25.4 Å². The molecule has 2 aromatic rings. The van der Waals surface area contributed by atoms with Crippen molar-refractivity contribution in [3.63, 3.8) is 0 Å². The Hall–Kier alpha value is -1.37. The van der Waals surface area contributed by atoms with Gasteiger partial charge in [0.2, 0.25) is 0 Å². The molecule has 0 spiro atoms. The minimum atomic E-state index is -4.10. The van der Waals surface area contributed by atoms with Crippen molar-refractivity contribution in [2.24, 2.45) is 12.0 Å². The second kappa shape index (κ2) is 12.2. The van der Waals surface area contributed by atoms with Gasteiger partial charge in [0, 0.05) is 31.4 Å². The van der Waals surface area contributed by atoms with Crippen molar-refractivity contribution in [2.75, 3.05) is 13.1 Å². The van der Waals surface area contributed by atoms with Crippen molar-refractivity contribution in [3.05, 3.63) is 34.0 Å². The molecule has 0 aromatic carbocycles. The highest BCUT2D eigenvalue weighted by atomic mass is 127. The molecule has 6 nitrogen and oxygen atoms in total. The maximum absolute atomic E-state index is 12.2. The summed E-state index contributed by atoms with van der Waals surface area (Å²) in [5, 5.41) is 16.4. The fourth-order valence-electron chi connectivity index (χ4n) is 2.33. The fourth-order valence-corrected chi connectivity index (χ4v) is 3.04. The summed E-state index contributed by atoms with van der Waals surface area (Å²) in [6.07, 6.45) is -3.48. The molecule has 28 heavy (non-hydrogen) atoms. The summed E-state index contributed by atoms with van der Waals surface area (Å²) < 4.78 is 38.5. The molecule has 0 bridgehead atoms. The van der Waals surface area contributed by atoms with Gasteiger partial charge >= 0.3 is 6.18 Å². The van der Waals surface area contributed by atoms with Gasteiger partial charge in [-0.3, -0.25) is 0 Å². The monoisotopic (exact) mass is 530 g/mol. The highest BCUT2D eigenvalue weighted by Crippen LogP contribution is 2.21.